The van der Waals surface area contributed by atoms with E-state index in [0.717, 1.165) is 12.8 Å². The lowest BCUT2D eigenvalue weighted by molar-refractivity contribution is -0.0294. The third kappa shape index (κ3) is 1.56. The summed E-state index contributed by atoms with van der Waals surface area (Å²) in [7, 11) is -3.14. The minimum atomic E-state index is -3.14. The number of nitriles is 1. The highest BCUT2D eigenvalue weighted by molar-refractivity contribution is 7.91. The third-order valence-electron chi connectivity index (χ3n) is 3.85. The summed E-state index contributed by atoms with van der Waals surface area (Å²) in [6.45, 7) is 0. The molecule has 0 amide bonds. The second kappa shape index (κ2) is 3.19. The SMILES string of the molecule is N#CC1(C2(O)CCS(=O)(=O)C2)CCCC1. The molecular weight excluding hydrogens is 214 g/mol. The standard InChI is InChI=1S/C10H15NO3S/c11-7-9(3-1-2-4-9)10(12)5-6-15(13,14)8-10/h12H,1-6,8H2. The second-order valence-corrected chi connectivity index (χ2v) is 6.96. The van der Waals surface area contributed by atoms with Gasteiger partial charge in [-0.25, -0.2) is 8.42 Å². The highest BCUT2D eigenvalue weighted by Crippen LogP contribution is 2.50. The summed E-state index contributed by atoms with van der Waals surface area (Å²) in [5.41, 5.74) is -2.10. The average molecular weight is 229 g/mol. The van der Waals surface area contributed by atoms with Crippen LogP contribution in [0.4, 0.5) is 0 Å². The minimum absolute atomic E-state index is 0.0208. The van der Waals surface area contributed by atoms with Crippen molar-refractivity contribution in [3.05, 3.63) is 0 Å². The van der Waals surface area contributed by atoms with Crippen molar-refractivity contribution < 1.29 is 13.5 Å². The molecule has 1 atom stereocenters. The lowest BCUT2D eigenvalue weighted by atomic mass is 9.71. The summed E-state index contributed by atoms with van der Waals surface area (Å²) in [5.74, 6) is -0.208. The summed E-state index contributed by atoms with van der Waals surface area (Å²) >= 11 is 0. The van der Waals surface area contributed by atoms with E-state index in [0.29, 0.717) is 12.8 Å². The van der Waals surface area contributed by atoms with Crippen LogP contribution >= 0.6 is 0 Å². The van der Waals surface area contributed by atoms with Crippen molar-refractivity contribution >= 4 is 9.84 Å². The van der Waals surface area contributed by atoms with E-state index in [9.17, 15) is 18.8 Å². The molecule has 2 fully saturated rings. The Morgan fingerprint density at radius 2 is 1.80 bits per heavy atom. The fourth-order valence-corrected chi connectivity index (χ4v) is 4.81. The van der Waals surface area contributed by atoms with Crippen LogP contribution < -0.4 is 0 Å². The number of sulfone groups is 1. The van der Waals surface area contributed by atoms with Crippen LogP contribution in [-0.2, 0) is 9.84 Å². The van der Waals surface area contributed by atoms with Crippen LogP contribution in [0.2, 0.25) is 0 Å². The molecule has 1 saturated heterocycles. The molecule has 15 heavy (non-hydrogen) atoms. The van der Waals surface area contributed by atoms with Crippen molar-refractivity contribution in [1.82, 2.24) is 0 Å². The zero-order valence-corrected chi connectivity index (χ0v) is 9.39. The lowest BCUT2D eigenvalue weighted by Gasteiger charge is -2.36. The van der Waals surface area contributed by atoms with Gasteiger partial charge in [-0.2, -0.15) is 5.26 Å². The van der Waals surface area contributed by atoms with E-state index >= 15 is 0 Å². The maximum Gasteiger partial charge on any atom is 0.153 e. The highest BCUT2D eigenvalue weighted by Gasteiger charge is 2.57. The van der Waals surface area contributed by atoms with Crippen LogP contribution in [0.3, 0.4) is 0 Å². The van der Waals surface area contributed by atoms with Gasteiger partial charge in [0.05, 0.1) is 28.6 Å². The zero-order chi connectivity index (χ0) is 11.2. The molecule has 0 aromatic rings. The molecule has 1 saturated carbocycles. The molecule has 4 nitrogen and oxygen atoms in total. The van der Waals surface area contributed by atoms with Crippen LogP contribution in [0.1, 0.15) is 32.1 Å². The smallest absolute Gasteiger partial charge is 0.153 e. The third-order valence-corrected chi connectivity index (χ3v) is 5.59. The normalized spacial score (nSPS) is 37.6. The first-order chi connectivity index (χ1) is 6.93. The Labute approximate surface area is 89.8 Å². The lowest BCUT2D eigenvalue weighted by Crippen LogP contribution is -2.47. The fourth-order valence-electron chi connectivity index (χ4n) is 2.87. The van der Waals surface area contributed by atoms with Crippen molar-refractivity contribution in [3.63, 3.8) is 0 Å². The largest absolute Gasteiger partial charge is 0.387 e. The van der Waals surface area contributed by atoms with Crippen LogP contribution in [0.25, 0.3) is 0 Å². The fraction of sp³-hybridized carbons (Fsp3) is 0.900. The number of hydrogen-bond donors (Lipinski definition) is 1. The average Bonchev–Trinajstić information content (AvgIpc) is 2.72. The number of aliphatic hydroxyl groups is 1. The van der Waals surface area contributed by atoms with E-state index in [4.69, 9.17) is 0 Å². The van der Waals surface area contributed by atoms with Crippen LogP contribution in [0.15, 0.2) is 0 Å². The van der Waals surface area contributed by atoms with Gasteiger partial charge in [-0.1, -0.05) is 12.8 Å². The quantitative estimate of drug-likeness (QED) is 0.715. The predicted molar refractivity (Wildman–Crippen MR) is 54.7 cm³/mol. The Hall–Kier alpha value is -0.600. The summed E-state index contributed by atoms with van der Waals surface area (Å²) < 4.78 is 22.8. The summed E-state index contributed by atoms with van der Waals surface area (Å²) in [6, 6.07) is 2.18. The molecule has 1 unspecified atom stereocenters. The van der Waals surface area contributed by atoms with Crippen molar-refractivity contribution in [3.8, 4) is 6.07 Å². The Balaban J connectivity index is 2.34. The summed E-state index contributed by atoms with van der Waals surface area (Å²) in [6.07, 6.45) is 3.32. The number of rotatable bonds is 1. The summed E-state index contributed by atoms with van der Waals surface area (Å²) in [5, 5.41) is 19.6. The molecule has 5 heteroatoms. The molecule has 0 bridgehead atoms. The van der Waals surface area contributed by atoms with Gasteiger partial charge in [-0.15, -0.1) is 0 Å². The molecule has 0 radical (unpaired) electrons. The zero-order valence-electron chi connectivity index (χ0n) is 8.57. The van der Waals surface area contributed by atoms with Crippen LogP contribution in [0, 0.1) is 16.7 Å². The Morgan fingerprint density at radius 1 is 1.20 bits per heavy atom. The van der Waals surface area contributed by atoms with Crippen LogP contribution in [-0.4, -0.2) is 30.6 Å². The van der Waals surface area contributed by atoms with Gasteiger partial charge >= 0.3 is 0 Å². The first-order valence-corrected chi connectivity index (χ1v) is 7.09. The van der Waals surface area contributed by atoms with E-state index in [1.807, 2.05) is 0 Å². The van der Waals surface area contributed by atoms with E-state index in [2.05, 4.69) is 6.07 Å². The van der Waals surface area contributed by atoms with E-state index in [1.165, 1.54) is 0 Å². The maximum atomic E-state index is 11.4. The van der Waals surface area contributed by atoms with Crippen LogP contribution in [0.5, 0.6) is 0 Å². The van der Waals surface area contributed by atoms with Crippen molar-refractivity contribution in [2.75, 3.05) is 11.5 Å². The Morgan fingerprint density at radius 3 is 2.20 bits per heavy atom. The Kier molecular flexibility index (Phi) is 2.32. The maximum absolute atomic E-state index is 11.4. The van der Waals surface area contributed by atoms with Gasteiger partial charge in [0.15, 0.2) is 9.84 Å². The topological polar surface area (TPSA) is 78.2 Å². The van der Waals surface area contributed by atoms with Crippen molar-refractivity contribution in [2.45, 2.75) is 37.7 Å². The first-order valence-electron chi connectivity index (χ1n) is 5.27. The number of nitrogens with zero attached hydrogens (tertiary/aromatic N) is 1. The molecule has 1 aliphatic carbocycles. The molecule has 1 heterocycles. The van der Waals surface area contributed by atoms with Gasteiger partial charge in [0.2, 0.25) is 0 Å². The van der Waals surface area contributed by atoms with Gasteiger partial charge < -0.3 is 5.11 Å². The van der Waals surface area contributed by atoms with Gasteiger partial charge in [0.25, 0.3) is 0 Å². The van der Waals surface area contributed by atoms with Crippen molar-refractivity contribution in [2.24, 2.45) is 5.41 Å². The minimum Gasteiger partial charge on any atom is -0.387 e. The van der Waals surface area contributed by atoms with E-state index in [1.54, 1.807) is 0 Å². The molecule has 0 aromatic heterocycles. The first kappa shape index (κ1) is 10.9. The molecule has 2 rings (SSSR count). The summed E-state index contributed by atoms with van der Waals surface area (Å²) in [4.78, 5) is 0. The second-order valence-electron chi connectivity index (χ2n) is 4.77. The highest BCUT2D eigenvalue weighted by atomic mass is 32.2. The molecule has 84 valence electrons. The van der Waals surface area contributed by atoms with Gasteiger partial charge in [-0.3, -0.25) is 0 Å². The Bertz CT molecular complexity index is 403. The number of hydrogen-bond acceptors (Lipinski definition) is 4. The van der Waals surface area contributed by atoms with Gasteiger partial charge in [-0.05, 0) is 19.3 Å². The van der Waals surface area contributed by atoms with E-state index < -0.39 is 20.9 Å². The molecule has 1 aliphatic heterocycles. The van der Waals surface area contributed by atoms with Gasteiger partial charge in [0.1, 0.15) is 0 Å². The molecule has 2 aliphatic rings. The predicted octanol–water partition coefficient (Wildman–Crippen LogP) is 0.620. The monoisotopic (exact) mass is 229 g/mol. The van der Waals surface area contributed by atoms with Crippen molar-refractivity contribution in [1.29, 1.82) is 5.26 Å². The van der Waals surface area contributed by atoms with Gasteiger partial charge in [0, 0.05) is 0 Å². The molecular formula is C10H15NO3S. The van der Waals surface area contributed by atoms with E-state index in [-0.39, 0.29) is 17.9 Å². The molecule has 1 N–H and O–H groups in total. The molecule has 0 aromatic carbocycles. The molecule has 0 spiro atoms.